The summed E-state index contributed by atoms with van der Waals surface area (Å²) in [6.07, 6.45) is 0.932. The topological polar surface area (TPSA) is 55.1 Å². The lowest BCUT2D eigenvalue weighted by Crippen LogP contribution is -2.37. The highest BCUT2D eigenvalue weighted by molar-refractivity contribution is 7.99. The number of nitrogens with two attached hydrogens (primary N) is 1. The van der Waals surface area contributed by atoms with E-state index in [0.29, 0.717) is 11.6 Å². The second-order valence-corrected chi connectivity index (χ2v) is 6.09. The zero-order chi connectivity index (χ0) is 13.1. The number of benzene rings is 1. The van der Waals surface area contributed by atoms with E-state index in [0.717, 1.165) is 17.7 Å². The predicted molar refractivity (Wildman–Crippen MR) is 75.9 cm³/mol. The highest BCUT2D eigenvalue weighted by Gasteiger charge is 2.24. The Hall–Kier alpha value is -0.710. The summed E-state index contributed by atoms with van der Waals surface area (Å²) in [6, 6.07) is 5.91. The Morgan fingerprint density at radius 1 is 1.67 bits per heavy atom. The second-order valence-electron chi connectivity index (χ2n) is 4.52. The molecule has 5 heteroatoms. The normalized spacial score (nSPS) is 20.1. The fourth-order valence-electron chi connectivity index (χ4n) is 1.94. The van der Waals surface area contributed by atoms with Crippen molar-refractivity contribution in [2.75, 3.05) is 12.3 Å². The minimum atomic E-state index is -0.151. The van der Waals surface area contributed by atoms with Gasteiger partial charge in [0.15, 0.2) is 0 Å². The summed E-state index contributed by atoms with van der Waals surface area (Å²) in [4.78, 5) is 13.1. The number of rotatable bonds is 3. The highest BCUT2D eigenvalue weighted by Crippen LogP contribution is 2.37. The third kappa shape index (κ3) is 2.99. The molecular weight excluding hydrogens is 268 g/mol. The van der Waals surface area contributed by atoms with E-state index >= 15 is 0 Å². The average molecular weight is 285 g/mol. The first kappa shape index (κ1) is 13.7. The Labute approximate surface area is 116 Å². The first-order valence-electron chi connectivity index (χ1n) is 6.04. The Bertz CT molecular complexity index is 453. The van der Waals surface area contributed by atoms with Gasteiger partial charge in [-0.2, -0.15) is 0 Å². The van der Waals surface area contributed by atoms with Gasteiger partial charge >= 0.3 is 0 Å². The molecule has 3 nitrogen and oxygen atoms in total. The maximum absolute atomic E-state index is 11.9. The minimum Gasteiger partial charge on any atom is -0.349 e. The predicted octanol–water partition coefficient (Wildman–Crippen LogP) is 2.59. The van der Waals surface area contributed by atoms with Crippen LogP contribution in [0.4, 0.5) is 0 Å². The Morgan fingerprint density at radius 2 is 2.44 bits per heavy atom. The van der Waals surface area contributed by atoms with Crippen molar-refractivity contribution in [2.45, 2.75) is 24.3 Å². The van der Waals surface area contributed by atoms with E-state index in [1.54, 1.807) is 0 Å². The summed E-state index contributed by atoms with van der Waals surface area (Å²) in [7, 11) is 0. The van der Waals surface area contributed by atoms with Crippen molar-refractivity contribution >= 4 is 29.3 Å². The van der Waals surface area contributed by atoms with Gasteiger partial charge in [0.05, 0.1) is 6.04 Å². The Balaban J connectivity index is 2.17. The molecule has 1 aromatic rings. The molecule has 18 heavy (non-hydrogen) atoms. The smallest absolute Gasteiger partial charge is 0.224 e. The van der Waals surface area contributed by atoms with Gasteiger partial charge in [-0.3, -0.25) is 4.79 Å². The van der Waals surface area contributed by atoms with Crippen LogP contribution in [0.25, 0.3) is 0 Å². The minimum absolute atomic E-state index is 0.0142. The van der Waals surface area contributed by atoms with Gasteiger partial charge in [-0.1, -0.05) is 18.5 Å². The molecule has 2 atom stereocenters. The van der Waals surface area contributed by atoms with Crippen molar-refractivity contribution in [3.05, 3.63) is 28.8 Å². The molecule has 1 aliphatic heterocycles. The number of nitrogens with one attached hydrogen (secondary N) is 1. The van der Waals surface area contributed by atoms with Crippen LogP contribution in [-0.4, -0.2) is 18.2 Å². The van der Waals surface area contributed by atoms with Gasteiger partial charge in [-0.15, -0.1) is 11.8 Å². The average Bonchev–Trinajstić information content (AvgIpc) is 2.38. The van der Waals surface area contributed by atoms with E-state index in [1.165, 1.54) is 4.90 Å². The summed E-state index contributed by atoms with van der Waals surface area (Å²) in [5, 5.41) is 3.77. The first-order chi connectivity index (χ1) is 8.61. The lowest BCUT2D eigenvalue weighted by atomic mass is 10.0. The molecular formula is C13H17ClN2OS. The van der Waals surface area contributed by atoms with Gasteiger partial charge < -0.3 is 11.1 Å². The molecule has 0 saturated carbocycles. The van der Waals surface area contributed by atoms with Crippen LogP contribution in [0.3, 0.4) is 0 Å². The lowest BCUT2D eigenvalue weighted by molar-refractivity contribution is -0.125. The maximum Gasteiger partial charge on any atom is 0.224 e. The molecule has 0 saturated heterocycles. The van der Waals surface area contributed by atoms with Crippen LogP contribution in [0.5, 0.6) is 0 Å². The fourth-order valence-corrected chi connectivity index (χ4v) is 3.22. The lowest BCUT2D eigenvalue weighted by Gasteiger charge is -2.27. The maximum atomic E-state index is 11.9. The molecule has 0 aliphatic carbocycles. The number of hydrogen-bond acceptors (Lipinski definition) is 3. The summed E-state index contributed by atoms with van der Waals surface area (Å²) in [5.41, 5.74) is 6.63. The molecule has 1 aliphatic rings. The number of halogens is 1. The molecule has 3 N–H and O–H groups in total. The molecule has 0 fully saturated rings. The summed E-state index contributed by atoms with van der Waals surface area (Å²) in [5.74, 6) is 0.874. The van der Waals surface area contributed by atoms with Crippen LogP contribution in [0.2, 0.25) is 5.02 Å². The monoisotopic (exact) mass is 284 g/mol. The number of carbonyl (C=O) groups is 1. The second kappa shape index (κ2) is 5.95. The van der Waals surface area contributed by atoms with E-state index in [9.17, 15) is 4.79 Å². The molecule has 1 heterocycles. The summed E-state index contributed by atoms with van der Waals surface area (Å²) >= 11 is 7.83. The van der Waals surface area contributed by atoms with Crippen molar-refractivity contribution in [3.8, 4) is 0 Å². The van der Waals surface area contributed by atoms with Crippen LogP contribution in [-0.2, 0) is 4.79 Å². The number of thioether (sulfide) groups is 1. The van der Waals surface area contributed by atoms with Crippen molar-refractivity contribution in [3.63, 3.8) is 0 Å². The largest absolute Gasteiger partial charge is 0.349 e. The summed E-state index contributed by atoms with van der Waals surface area (Å²) in [6.45, 7) is 2.21. The standard InChI is InChI=1S/C13H17ClN2OS/c1-8(7-15)13(17)16-11-4-5-18-12-3-2-9(14)6-10(11)12/h2-3,6,8,11H,4-5,7,15H2,1H3,(H,16,17). The van der Waals surface area contributed by atoms with Crippen molar-refractivity contribution in [2.24, 2.45) is 11.7 Å². The van der Waals surface area contributed by atoms with Crippen LogP contribution in [0.15, 0.2) is 23.1 Å². The Kier molecular flexibility index (Phi) is 4.54. The summed E-state index contributed by atoms with van der Waals surface area (Å²) < 4.78 is 0. The van der Waals surface area contributed by atoms with Gasteiger partial charge in [0.2, 0.25) is 5.91 Å². The number of carbonyl (C=O) groups excluding carboxylic acids is 1. The molecule has 2 rings (SSSR count). The van der Waals surface area contributed by atoms with Gasteiger partial charge in [-0.25, -0.2) is 0 Å². The van der Waals surface area contributed by atoms with Gasteiger partial charge in [0, 0.05) is 28.1 Å². The first-order valence-corrected chi connectivity index (χ1v) is 7.41. The van der Waals surface area contributed by atoms with Crippen LogP contribution in [0, 0.1) is 5.92 Å². The van der Waals surface area contributed by atoms with Crippen molar-refractivity contribution in [1.29, 1.82) is 0 Å². The molecule has 0 aromatic heterocycles. The molecule has 98 valence electrons. The van der Waals surface area contributed by atoms with Crippen LogP contribution in [0.1, 0.15) is 24.9 Å². The van der Waals surface area contributed by atoms with Crippen LogP contribution < -0.4 is 11.1 Å². The van der Waals surface area contributed by atoms with E-state index in [1.807, 2.05) is 36.9 Å². The SMILES string of the molecule is CC(CN)C(=O)NC1CCSc2ccc(Cl)cc21. The highest BCUT2D eigenvalue weighted by atomic mass is 35.5. The number of fused-ring (bicyclic) bond motifs is 1. The third-order valence-electron chi connectivity index (χ3n) is 3.13. The van der Waals surface area contributed by atoms with Crippen molar-refractivity contribution < 1.29 is 4.79 Å². The van der Waals surface area contributed by atoms with Crippen LogP contribution >= 0.6 is 23.4 Å². The molecule has 0 spiro atoms. The number of amides is 1. The third-order valence-corrected chi connectivity index (χ3v) is 4.49. The van der Waals surface area contributed by atoms with E-state index in [4.69, 9.17) is 17.3 Å². The number of hydrogen-bond donors (Lipinski definition) is 2. The van der Waals surface area contributed by atoms with Gasteiger partial charge in [-0.05, 0) is 30.2 Å². The van der Waals surface area contributed by atoms with Gasteiger partial charge in [0.1, 0.15) is 0 Å². The molecule has 1 aromatic carbocycles. The molecule has 0 radical (unpaired) electrons. The zero-order valence-corrected chi connectivity index (χ0v) is 11.9. The zero-order valence-electron chi connectivity index (χ0n) is 10.3. The van der Waals surface area contributed by atoms with E-state index < -0.39 is 0 Å². The van der Waals surface area contributed by atoms with E-state index in [2.05, 4.69) is 5.32 Å². The van der Waals surface area contributed by atoms with Crippen molar-refractivity contribution in [1.82, 2.24) is 5.32 Å². The molecule has 1 amide bonds. The van der Waals surface area contributed by atoms with E-state index in [-0.39, 0.29) is 17.9 Å². The molecule has 2 unspecified atom stereocenters. The molecule has 0 bridgehead atoms. The fraction of sp³-hybridized carbons (Fsp3) is 0.462. The van der Waals surface area contributed by atoms with Gasteiger partial charge in [0.25, 0.3) is 0 Å². The Morgan fingerprint density at radius 3 is 3.17 bits per heavy atom. The quantitative estimate of drug-likeness (QED) is 0.897.